The van der Waals surface area contributed by atoms with Gasteiger partial charge in [-0.3, -0.25) is 19.4 Å². The molecule has 2 aromatic rings. The zero-order valence-electron chi connectivity index (χ0n) is 25.2. The van der Waals surface area contributed by atoms with E-state index in [1.165, 1.54) is 4.90 Å². The first-order valence-corrected chi connectivity index (χ1v) is 16.6. The van der Waals surface area contributed by atoms with Crippen LogP contribution in [-0.2, 0) is 23.6 Å². The van der Waals surface area contributed by atoms with E-state index in [2.05, 4.69) is 9.80 Å². The monoisotopic (exact) mass is 666 g/mol. The second-order valence-corrected chi connectivity index (χ2v) is 13.5. The highest BCUT2D eigenvalue weighted by Crippen LogP contribution is 2.37. The summed E-state index contributed by atoms with van der Waals surface area (Å²) >= 11 is 1.68. The fraction of sp³-hybridized carbons (Fsp3) is 0.515. The maximum Gasteiger partial charge on any atom is 0.416 e. The van der Waals surface area contributed by atoms with Gasteiger partial charge in [-0.05, 0) is 54.9 Å². The van der Waals surface area contributed by atoms with Gasteiger partial charge in [-0.1, -0.05) is 30.3 Å². The van der Waals surface area contributed by atoms with Crippen LogP contribution in [-0.4, -0.2) is 101 Å². The second-order valence-electron chi connectivity index (χ2n) is 12.5. The summed E-state index contributed by atoms with van der Waals surface area (Å²) in [4.78, 5) is 34.5. The molecule has 2 amide bonds. The lowest BCUT2D eigenvalue weighted by Gasteiger charge is -2.50. The number of rotatable bonds is 6. The Morgan fingerprint density at radius 2 is 1.39 bits per heavy atom. The normalized spacial score (nSPS) is 23.7. The highest BCUT2D eigenvalue weighted by atomic mass is 32.2. The number of piperazine rings is 1. The average molecular weight is 667 g/mol. The zero-order chi connectivity index (χ0) is 32.6. The molecule has 0 bridgehead atoms. The molecule has 2 unspecified atom stereocenters. The van der Waals surface area contributed by atoms with Crippen LogP contribution in [0.5, 0.6) is 0 Å². The minimum Gasteiger partial charge on any atom is -0.336 e. The molecule has 2 atom stereocenters. The molecule has 6 nitrogen and oxygen atoms in total. The first kappa shape index (κ1) is 32.9. The van der Waals surface area contributed by atoms with Gasteiger partial charge in [0.05, 0.1) is 11.1 Å². The summed E-state index contributed by atoms with van der Waals surface area (Å²) in [5.74, 6) is 0.284. The fourth-order valence-electron chi connectivity index (χ4n) is 7.02. The van der Waals surface area contributed by atoms with Crippen molar-refractivity contribution >= 4 is 23.6 Å². The van der Waals surface area contributed by atoms with Crippen molar-refractivity contribution in [2.24, 2.45) is 0 Å². The van der Waals surface area contributed by atoms with Crippen LogP contribution in [0, 0.1) is 0 Å². The van der Waals surface area contributed by atoms with E-state index in [-0.39, 0.29) is 24.6 Å². The lowest BCUT2D eigenvalue weighted by atomic mass is 9.90. The van der Waals surface area contributed by atoms with Crippen LogP contribution < -0.4 is 0 Å². The highest BCUT2D eigenvalue weighted by molar-refractivity contribution is 8.02. The van der Waals surface area contributed by atoms with Crippen LogP contribution >= 0.6 is 11.8 Å². The molecule has 6 rings (SSSR count). The number of likely N-dealkylation sites (tertiary alicyclic amines) is 2. The van der Waals surface area contributed by atoms with Crippen LogP contribution in [0.3, 0.4) is 0 Å². The molecule has 0 radical (unpaired) electrons. The Morgan fingerprint density at radius 3 is 1.96 bits per heavy atom. The molecule has 3 fully saturated rings. The summed E-state index contributed by atoms with van der Waals surface area (Å²) < 4.78 is 81.4. The Morgan fingerprint density at radius 1 is 0.783 bits per heavy atom. The minimum absolute atomic E-state index is 0.0511. The number of halogens is 6. The predicted octanol–water partition coefficient (Wildman–Crippen LogP) is 5.79. The SMILES string of the molecule is O=C(C1=CSCC1)N1CC(N2CCN(C3CCN(C(=O)c4cc(C(F)(F)F)cc(C(F)(F)F)c4)C(Cc4ccccc4)C3)CC2)C1. The molecule has 3 saturated heterocycles. The number of carbonyl (C=O) groups is 2. The Hall–Kier alpha value is -3.03. The molecule has 0 aromatic heterocycles. The summed E-state index contributed by atoms with van der Waals surface area (Å²) in [5.41, 5.74) is -1.76. The van der Waals surface area contributed by atoms with Crippen molar-refractivity contribution in [2.45, 2.75) is 56.2 Å². The van der Waals surface area contributed by atoms with Gasteiger partial charge in [0.1, 0.15) is 0 Å². The average Bonchev–Trinajstić information content (AvgIpc) is 3.55. The molecule has 0 aliphatic carbocycles. The lowest BCUT2D eigenvalue weighted by Crippen LogP contribution is -2.65. The number of nitrogens with zero attached hydrogens (tertiary/aromatic N) is 4. The Kier molecular flexibility index (Phi) is 9.46. The number of piperidine rings is 1. The number of hydrogen-bond donors (Lipinski definition) is 0. The molecule has 4 aliphatic heterocycles. The van der Waals surface area contributed by atoms with Crippen LogP contribution in [0.1, 0.15) is 46.3 Å². The molecule has 2 aromatic carbocycles. The van der Waals surface area contributed by atoms with Crippen molar-refractivity contribution in [1.82, 2.24) is 19.6 Å². The number of hydrogen-bond acceptors (Lipinski definition) is 5. The van der Waals surface area contributed by atoms with Gasteiger partial charge in [0.2, 0.25) is 5.91 Å². The standard InChI is InChI=1S/C33H36F6N4O2S/c34-32(35,36)25-15-24(16-26(17-25)33(37,38)39)31(45)43-8-6-27(18-28(43)14-22-4-2-1-3-5-22)40-9-11-41(12-10-40)29-19-42(20-29)30(44)23-7-13-46-21-23/h1-5,15-17,21,27-29H,6-14,18-20H2. The van der Waals surface area contributed by atoms with Gasteiger partial charge in [-0.2, -0.15) is 26.3 Å². The fourth-order valence-corrected chi connectivity index (χ4v) is 7.90. The second kappa shape index (κ2) is 13.2. The van der Waals surface area contributed by atoms with E-state index in [1.807, 2.05) is 40.6 Å². The van der Waals surface area contributed by atoms with Gasteiger partial charge in [0, 0.05) is 80.8 Å². The van der Waals surface area contributed by atoms with E-state index in [1.54, 1.807) is 11.8 Å². The van der Waals surface area contributed by atoms with E-state index in [0.717, 1.165) is 62.6 Å². The zero-order valence-corrected chi connectivity index (χ0v) is 26.0. The van der Waals surface area contributed by atoms with Crippen LogP contribution in [0.4, 0.5) is 26.3 Å². The van der Waals surface area contributed by atoms with E-state index in [9.17, 15) is 35.9 Å². The Balaban J connectivity index is 1.12. The van der Waals surface area contributed by atoms with Crippen molar-refractivity contribution in [3.05, 3.63) is 81.8 Å². The smallest absolute Gasteiger partial charge is 0.336 e. The predicted molar refractivity (Wildman–Crippen MR) is 163 cm³/mol. The van der Waals surface area contributed by atoms with E-state index in [4.69, 9.17) is 0 Å². The number of alkyl halides is 6. The third kappa shape index (κ3) is 7.26. The number of amides is 2. The quantitative estimate of drug-likeness (QED) is 0.366. The topological polar surface area (TPSA) is 47.1 Å². The van der Waals surface area contributed by atoms with Crippen molar-refractivity contribution < 1.29 is 35.9 Å². The summed E-state index contributed by atoms with van der Waals surface area (Å²) in [7, 11) is 0. The van der Waals surface area contributed by atoms with Crippen LogP contribution in [0.15, 0.2) is 59.5 Å². The molecular formula is C33H36F6N4O2S. The van der Waals surface area contributed by atoms with Crippen molar-refractivity contribution in [2.75, 3.05) is 51.6 Å². The first-order chi connectivity index (χ1) is 21.9. The summed E-state index contributed by atoms with van der Waals surface area (Å²) in [6.45, 7) is 5.00. The number of carbonyl (C=O) groups excluding carboxylic acids is 2. The van der Waals surface area contributed by atoms with Gasteiger partial charge in [0.15, 0.2) is 0 Å². The molecule has 46 heavy (non-hydrogen) atoms. The van der Waals surface area contributed by atoms with Gasteiger partial charge in [-0.15, -0.1) is 11.8 Å². The largest absolute Gasteiger partial charge is 0.416 e. The minimum atomic E-state index is -5.03. The highest BCUT2D eigenvalue weighted by Gasteiger charge is 2.42. The molecule has 4 aliphatic rings. The van der Waals surface area contributed by atoms with Crippen LogP contribution in [0.2, 0.25) is 0 Å². The lowest BCUT2D eigenvalue weighted by molar-refractivity contribution is -0.143. The molecule has 0 spiro atoms. The van der Waals surface area contributed by atoms with Gasteiger partial charge in [0.25, 0.3) is 5.91 Å². The summed E-state index contributed by atoms with van der Waals surface area (Å²) in [5, 5.41) is 1.97. The third-order valence-electron chi connectivity index (χ3n) is 9.62. The number of benzene rings is 2. The van der Waals surface area contributed by atoms with Crippen molar-refractivity contribution in [3.63, 3.8) is 0 Å². The summed E-state index contributed by atoms with van der Waals surface area (Å²) in [6, 6.07) is 10.6. The molecule has 0 saturated carbocycles. The maximum atomic E-state index is 13.7. The third-order valence-corrected chi connectivity index (χ3v) is 10.5. The number of thioether (sulfide) groups is 1. The van der Waals surface area contributed by atoms with Crippen molar-refractivity contribution in [3.8, 4) is 0 Å². The maximum absolute atomic E-state index is 13.7. The molecule has 4 heterocycles. The summed E-state index contributed by atoms with van der Waals surface area (Å²) in [6.07, 6.45) is -7.67. The Bertz CT molecular complexity index is 1420. The van der Waals surface area contributed by atoms with E-state index in [0.29, 0.717) is 37.4 Å². The Labute approximate surface area is 268 Å². The molecule has 0 N–H and O–H groups in total. The van der Waals surface area contributed by atoms with Gasteiger partial charge < -0.3 is 9.80 Å². The van der Waals surface area contributed by atoms with Gasteiger partial charge in [-0.25, -0.2) is 0 Å². The van der Waals surface area contributed by atoms with E-state index >= 15 is 0 Å². The van der Waals surface area contributed by atoms with Gasteiger partial charge >= 0.3 is 12.4 Å². The van der Waals surface area contributed by atoms with Crippen LogP contribution in [0.25, 0.3) is 0 Å². The molecule has 13 heteroatoms. The first-order valence-electron chi connectivity index (χ1n) is 15.6. The molecule has 248 valence electrons. The van der Waals surface area contributed by atoms with E-state index < -0.39 is 41.0 Å². The molecular weight excluding hydrogens is 630 g/mol. The van der Waals surface area contributed by atoms with Crippen molar-refractivity contribution in [1.29, 1.82) is 0 Å².